The predicted octanol–water partition coefficient (Wildman–Crippen LogP) is 4.45. The van der Waals surface area contributed by atoms with E-state index in [2.05, 4.69) is 5.10 Å². The molecule has 2 aromatic heterocycles. The van der Waals surface area contributed by atoms with Gasteiger partial charge in [-0.3, -0.25) is 9.47 Å². The molecule has 0 fully saturated rings. The zero-order chi connectivity index (χ0) is 18.7. The van der Waals surface area contributed by atoms with Crippen molar-refractivity contribution in [2.24, 2.45) is 0 Å². The van der Waals surface area contributed by atoms with Crippen molar-refractivity contribution in [1.29, 1.82) is 0 Å². The van der Waals surface area contributed by atoms with Gasteiger partial charge >= 0.3 is 0 Å². The Morgan fingerprint density at radius 1 is 1.15 bits per heavy atom. The average molecular weight is 378 g/mol. The molecule has 0 saturated heterocycles. The van der Waals surface area contributed by atoms with Crippen LogP contribution in [-0.2, 0) is 19.8 Å². The van der Waals surface area contributed by atoms with Gasteiger partial charge in [0.05, 0.1) is 12.9 Å². The molecule has 3 aromatic rings. The molecular formula is C18H20F2N4OS. The number of hydrogen-bond donors (Lipinski definition) is 0. The van der Waals surface area contributed by atoms with Crippen molar-refractivity contribution >= 4 is 12.2 Å². The van der Waals surface area contributed by atoms with Gasteiger partial charge in [0.1, 0.15) is 11.6 Å². The number of furan rings is 1. The molecule has 0 saturated carbocycles. The number of nitrogens with zero attached hydrogens (tertiary/aromatic N) is 4. The Morgan fingerprint density at radius 2 is 1.88 bits per heavy atom. The second-order valence-corrected chi connectivity index (χ2v) is 6.18. The summed E-state index contributed by atoms with van der Waals surface area (Å²) in [5.74, 6) is 0.153. The monoisotopic (exact) mass is 378 g/mol. The molecule has 0 aliphatic heterocycles. The van der Waals surface area contributed by atoms with Gasteiger partial charge in [0, 0.05) is 18.7 Å². The van der Waals surface area contributed by atoms with E-state index in [0.717, 1.165) is 0 Å². The molecule has 0 radical (unpaired) electrons. The van der Waals surface area contributed by atoms with E-state index < -0.39 is 11.6 Å². The molecule has 0 spiro atoms. The molecular weight excluding hydrogens is 358 g/mol. The molecule has 8 heteroatoms. The van der Waals surface area contributed by atoms with Crippen LogP contribution >= 0.6 is 12.2 Å². The first-order valence-corrected chi connectivity index (χ1v) is 8.82. The molecule has 26 heavy (non-hydrogen) atoms. The molecule has 0 bridgehead atoms. The van der Waals surface area contributed by atoms with Crippen LogP contribution in [0.3, 0.4) is 0 Å². The Morgan fingerprint density at radius 3 is 2.46 bits per heavy atom. The Kier molecular flexibility index (Phi) is 5.63. The first-order chi connectivity index (χ1) is 12.5. The zero-order valence-electron chi connectivity index (χ0n) is 14.7. The highest BCUT2D eigenvalue weighted by atomic mass is 32.1. The maximum absolute atomic E-state index is 13.9. The van der Waals surface area contributed by atoms with Gasteiger partial charge in [0.25, 0.3) is 0 Å². The molecule has 3 rings (SSSR count). The third-order valence-corrected chi connectivity index (χ3v) is 4.64. The number of benzene rings is 1. The number of hydrogen-bond acceptors (Lipinski definition) is 4. The van der Waals surface area contributed by atoms with Crippen LogP contribution < -0.4 is 0 Å². The Labute approximate surface area is 155 Å². The Balaban J connectivity index is 1.88. The first-order valence-electron chi connectivity index (χ1n) is 8.41. The largest absolute Gasteiger partial charge is 0.461 e. The van der Waals surface area contributed by atoms with E-state index in [-0.39, 0.29) is 12.1 Å². The Hall–Kier alpha value is -2.32. The third-order valence-electron chi connectivity index (χ3n) is 4.21. The van der Waals surface area contributed by atoms with Crippen molar-refractivity contribution < 1.29 is 13.2 Å². The van der Waals surface area contributed by atoms with Crippen LogP contribution in [0.4, 0.5) is 8.78 Å². The second-order valence-electron chi connectivity index (χ2n) is 5.81. The van der Waals surface area contributed by atoms with Crippen LogP contribution in [0.15, 0.2) is 41.0 Å². The fourth-order valence-corrected chi connectivity index (χ4v) is 3.08. The normalized spacial score (nSPS) is 11.4. The summed E-state index contributed by atoms with van der Waals surface area (Å²) >= 11 is 5.52. The van der Waals surface area contributed by atoms with Crippen molar-refractivity contribution in [3.05, 3.63) is 58.6 Å². The highest BCUT2D eigenvalue weighted by Crippen LogP contribution is 2.20. The third kappa shape index (κ3) is 3.61. The van der Waals surface area contributed by atoms with Crippen molar-refractivity contribution in [3.63, 3.8) is 0 Å². The van der Waals surface area contributed by atoms with Crippen molar-refractivity contribution in [3.8, 4) is 11.6 Å². The van der Waals surface area contributed by atoms with Gasteiger partial charge in [-0.1, -0.05) is 13.0 Å². The van der Waals surface area contributed by atoms with Gasteiger partial charge in [-0.05, 0) is 50.0 Å². The minimum Gasteiger partial charge on any atom is -0.461 e. The van der Waals surface area contributed by atoms with Crippen molar-refractivity contribution in [2.45, 2.75) is 33.6 Å². The van der Waals surface area contributed by atoms with E-state index in [0.29, 0.717) is 36.1 Å². The lowest BCUT2D eigenvalue weighted by Gasteiger charge is -2.20. The lowest BCUT2D eigenvalue weighted by Crippen LogP contribution is -2.27. The van der Waals surface area contributed by atoms with Gasteiger partial charge in [-0.25, -0.2) is 13.5 Å². The van der Waals surface area contributed by atoms with Crippen LogP contribution in [0.2, 0.25) is 0 Å². The highest BCUT2D eigenvalue weighted by Gasteiger charge is 2.17. The van der Waals surface area contributed by atoms with Gasteiger partial charge in [-0.2, -0.15) is 0 Å². The molecule has 0 N–H and O–H groups in total. The summed E-state index contributed by atoms with van der Waals surface area (Å²) in [5, 5.41) is 4.55. The fourth-order valence-electron chi connectivity index (χ4n) is 2.76. The van der Waals surface area contributed by atoms with E-state index in [1.807, 2.05) is 29.4 Å². The molecule has 0 aliphatic carbocycles. The van der Waals surface area contributed by atoms with Gasteiger partial charge < -0.3 is 4.42 Å². The maximum atomic E-state index is 13.9. The van der Waals surface area contributed by atoms with Crippen LogP contribution in [0, 0.1) is 16.4 Å². The fraction of sp³-hybridized carbons (Fsp3) is 0.333. The van der Waals surface area contributed by atoms with Crippen molar-refractivity contribution in [2.75, 3.05) is 6.54 Å². The summed E-state index contributed by atoms with van der Waals surface area (Å²) < 4.78 is 37.4. The predicted molar refractivity (Wildman–Crippen MR) is 96.9 cm³/mol. The minimum absolute atomic E-state index is 0.0436. The Bertz CT molecular complexity index is 913. The molecule has 0 atom stereocenters. The molecule has 0 unspecified atom stereocenters. The van der Waals surface area contributed by atoms with E-state index >= 15 is 0 Å². The minimum atomic E-state index is -0.553. The molecule has 1 aromatic carbocycles. The summed E-state index contributed by atoms with van der Waals surface area (Å²) in [7, 11) is 0. The summed E-state index contributed by atoms with van der Waals surface area (Å²) in [4.78, 5) is 1.87. The summed E-state index contributed by atoms with van der Waals surface area (Å²) in [6.07, 6.45) is 1.58. The maximum Gasteiger partial charge on any atom is 0.199 e. The van der Waals surface area contributed by atoms with E-state index in [1.54, 1.807) is 17.0 Å². The highest BCUT2D eigenvalue weighted by molar-refractivity contribution is 7.71. The van der Waals surface area contributed by atoms with Crippen LogP contribution in [0.5, 0.6) is 0 Å². The van der Waals surface area contributed by atoms with Gasteiger partial charge in [-0.15, -0.1) is 5.10 Å². The summed E-state index contributed by atoms with van der Waals surface area (Å²) in [6, 6.07) is 7.49. The molecule has 0 aliphatic rings. The topological polar surface area (TPSA) is 39.1 Å². The number of rotatable bonds is 7. The van der Waals surface area contributed by atoms with Crippen LogP contribution in [0.1, 0.15) is 19.4 Å². The lowest BCUT2D eigenvalue weighted by atomic mass is 10.2. The van der Waals surface area contributed by atoms with E-state index in [1.165, 1.54) is 18.2 Å². The number of aromatic nitrogens is 3. The van der Waals surface area contributed by atoms with Crippen LogP contribution in [0.25, 0.3) is 11.6 Å². The van der Waals surface area contributed by atoms with Crippen molar-refractivity contribution in [1.82, 2.24) is 19.2 Å². The molecule has 138 valence electrons. The SMILES string of the molecule is CCN(Cc1c(F)cccc1F)Cn1nc(-c2ccco2)n(CC)c1=S. The molecule has 2 heterocycles. The summed E-state index contributed by atoms with van der Waals surface area (Å²) in [5.41, 5.74) is 0.0436. The summed E-state index contributed by atoms with van der Waals surface area (Å²) in [6.45, 7) is 5.58. The van der Waals surface area contributed by atoms with Gasteiger partial charge in [0.2, 0.25) is 0 Å². The van der Waals surface area contributed by atoms with E-state index in [9.17, 15) is 8.78 Å². The van der Waals surface area contributed by atoms with Crippen LogP contribution in [-0.4, -0.2) is 25.8 Å². The zero-order valence-corrected chi connectivity index (χ0v) is 15.5. The lowest BCUT2D eigenvalue weighted by molar-refractivity contribution is 0.202. The second kappa shape index (κ2) is 7.92. The molecule has 5 nitrogen and oxygen atoms in total. The van der Waals surface area contributed by atoms with Gasteiger partial charge in [0.15, 0.2) is 16.4 Å². The molecule has 0 amide bonds. The smallest absolute Gasteiger partial charge is 0.199 e. The first kappa shape index (κ1) is 18.5. The quantitative estimate of drug-likeness (QED) is 0.570. The number of halogens is 2. The van der Waals surface area contributed by atoms with E-state index in [4.69, 9.17) is 16.6 Å². The standard InChI is InChI=1S/C18H20F2N4OS/c1-3-22(11-13-14(19)7-5-8-15(13)20)12-24-18(26)23(4-2)17(21-24)16-9-6-10-25-16/h5-10H,3-4,11-12H2,1-2H3. The average Bonchev–Trinajstić information content (AvgIpc) is 3.25.